The van der Waals surface area contributed by atoms with E-state index in [9.17, 15) is 14.7 Å². The number of carbonyl (C=O) groups is 2. The van der Waals surface area contributed by atoms with Gasteiger partial charge in [0.2, 0.25) is 5.91 Å². The van der Waals surface area contributed by atoms with Crippen LogP contribution in [0.4, 0.5) is 10.6 Å². The first kappa shape index (κ1) is 17.6. The lowest BCUT2D eigenvalue weighted by Gasteiger charge is -2.34. The van der Waals surface area contributed by atoms with Crippen LogP contribution in [0, 0.1) is 5.92 Å². The summed E-state index contributed by atoms with van der Waals surface area (Å²) in [7, 11) is 0. The molecule has 3 heterocycles. The fourth-order valence-electron chi connectivity index (χ4n) is 3.10. The van der Waals surface area contributed by atoms with E-state index in [1.165, 1.54) is 6.33 Å². The first-order valence-corrected chi connectivity index (χ1v) is 8.34. The molecule has 0 aromatic carbocycles. The number of primary amides is 1. The number of piperidine rings is 1. The fraction of sp³-hybridized carbons (Fsp3) is 0.438. The Kier molecular flexibility index (Phi) is 5.30. The third-order valence-electron chi connectivity index (χ3n) is 4.44. The molecule has 0 aliphatic carbocycles. The molecule has 0 unspecified atom stereocenters. The maximum atomic E-state index is 11.2. The third-order valence-corrected chi connectivity index (χ3v) is 4.44. The molecule has 0 bridgehead atoms. The van der Waals surface area contributed by atoms with E-state index in [-0.39, 0.29) is 12.5 Å². The van der Waals surface area contributed by atoms with Gasteiger partial charge < -0.3 is 15.7 Å². The van der Waals surface area contributed by atoms with Crippen molar-refractivity contribution in [3.05, 3.63) is 31.1 Å². The summed E-state index contributed by atoms with van der Waals surface area (Å²) < 4.78 is 1.81. The van der Waals surface area contributed by atoms with E-state index in [0.29, 0.717) is 6.54 Å². The van der Waals surface area contributed by atoms with Gasteiger partial charge in [0.05, 0.1) is 0 Å². The first-order chi connectivity index (χ1) is 12.5. The molecule has 1 aliphatic heterocycles. The molecule has 1 aliphatic rings. The monoisotopic (exact) mass is 359 g/mol. The van der Waals surface area contributed by atoms with Crippen molar-refractivity contribution in [3.63, 3.8) is 0 Å². The average Bonchev–Trinajstić information content (AvgIpc) is 3.16. The molecular formula is C16H21N7O3. The zero-order valence-electron chi connectivity index (χ0n) is 14.2. The summed E-state index contributed by atoms with van der Waals surface area (Å²) in [6, 6.07) is 1.90. The summed E-state index contributed by atoms with van der Waals surface area (Å²) in [6.07, 6.45) is 7.21. The van der Waals surface area contributed by atoms with Crippen molar-refractivity contribution >= 4 is 17.8 Å². The van der Waals surface area contributed by atoms with Gasteiger partial charge in [-0.2, -0.15) is 0 Å². The number of carboxylic acid groups (broad SMARTS) is 1. The van der Waals surface area contributed by atoms with Crippen molar-refractivity contribution in [2.24, 2.45) is 11.7 Å². The van der Waals surface area contributed by atoms with Crippen molar-refractivity contribution in [2.45, 2.75) is 12.8 Å². The van der Waals surface area contributed by atoms with E-state index < -0.39 is 12.0 Å². The van der Waals surface area contributed by atoms with Gasteiger partial charge in [-0.15, -0.1) is 0 Å². The van der Waals surface area contributed by atoms with E-state index >= 15 is 0 Å². The molecule has 3 rings (SSSR count). The number of nitrogens with two attached hydrogens (primary N) is 1. The minimum atomic E-state index is -1.12. The van der Waals surface area contributed by atoms with Crippen LogP contribution >= 0.6 is 0 Å². The Hall–Kier alpha value is -3.17. The molecule has 2 aromatic heterocycles. The van der Waals surface area contributed by atoms with Crippen molar-refractivity contribution in [1.29, 1.82) is 0 Å². The lowest BCUT2D eigenvalue weighted by molar-refractivity contribution is -0.119. The molecule has 1 saturated heterocycles. The van der Waals surface area contributed by atoms with Crippen molar-refractivity contribution in [1.82, 2.24) is 24.4 Å². The number of amides is 2. The Balaban J connectivity index is 1.59. The SMILES string of the molecule is NC(=O)CN(CC1CCN(c2cc(-n3ccnc3)ncn2)CC1)C(=O)O. The normalized spacial score (nSPS) is 15.0. The average molecular weight is 359 g/mol. The van der Waals surface area contributed by atoms with Gasteiger partial charge >= 0.3 is 6.09 Å². The predicted octanol–water partition coefficient (Wildman–Crippen LogP) is 0.344. The summed E-state index contributed by atoms with van der Waals surface area (Å²) in [5.74, 6) is 1.12. The van der Waals surface area contributed by atoms with Crippen LogP contribution in [0.2, 0.25) is 0 Å². The highest BCUT2D eigenvalue weighted by Crippen LogP contribution is 2.23. The van der Waals surface area contributed by atoms with E-state index in [1.54, 1.807) is 12.5 Å². The number of hydrogen-bond acceptors (Lipinski definition) is 6. The number of aromatic nitrogens is 4. The van der Waals surface area contributed by atoms with Crippen LogP contribution < -0.4 is 10.6 Å². The van der Waals surface area contributed by atoms with Gasteiger partial charge in [0, 0.05) is 38.1 Å². The summed E-state index contributed by atoms with van der Waals surface area (Å²) in [6.45, 7) is 1.57. The maximum Gasteiger partial charge on any atom is 0.407 e. The van der Waals surface area contributed by atoms with Crippen LogP contribution in [-0.4, -0.2) is 67.7 Å². The predicted molar refractivity (Wildman–Crippen MR) is 92.9 cm³/mol. The van der Waals surface area contributed by atoms with Gasteiger partial charge in [0.15, 0.2) is 0 Å². The van der Waals surface area contributed by atoms with Crippen molar-refractivity contribution in [3.8, 4) is 5.82 Å². The number of anilines is 1. The summed E-state index contributed by atoms with van der Waals surface area (Å²) >= 11 is 0. The largest absolute Gasteiger partial charge is 0.465 e. The van der Waals surface area contributed by atoms with Crippen LogP contribution in [0.1, 0.15) is 12.8 Å². The van der Waals surface area contributed by atoms with E-state index in [0.717, 1.165) is 42.5 Å². The first-order valence-electron chi connectivity index (χ1n) is 8.34. The summed E-state index contributed by atoms with van der Waals surface area (Å²) in [5.41, 5.74) is 5.12. The van der Waals surface area contributed by atoms with E-state index in [4.69, 9.17) is 5.73 Å². The Morgan fingerprint density at radius 2 is 2.00 bits per heavy atom. The van der Waals surface area contributed by atoms with Gasteiger partial charge in [-0.3, -0.25) is 14.3 Å². The quantitative estimate of drug-likeness (QED) is 0.760. The molecule has 10 heteroatoms. The highest BCUT2D eigenvalue weighted by Gasteiger charge is 2.25. The molecule has 10 nitrogen and oxygen atoms in total. The molecule has 0 atom stereocenters. The van der Waals surface area contributed by atoms with Gasteiger partial charge in [-0.05, 0) is 18.8 Å². The third kappa shape index (κ3) is 4.26. The molecular weight excluding hydrogens is 338 g/mol. The second kappa shape index (κ2) is 7.81. The van der Waals surface area contributed by atoms with Crippen LogP contribution in [0.3, 0.4) is 0 Å². The molecule has 0 radical (unpaired) electrons. The number of imidazole rings is 1. The lowest BCUT2D eigenvalue weighted by atomic mass is 9.96. The second-order valence-corrected chi connectivity index (χ2v) is 6.26. The highest BCUT2D eigenvalue weighted by molar-refractivity contribution is 5.80. The van der Waals surface area contributed by atoms with E-state index in [2.05, 4.69) is 19.9 Å². The summed E-state index contributed by atoms with van der Waals surface area (Å²) in [5, 5.41) is 9.19. The zero-order chi connectivity index (χ0) is 18.5. The molecule has 1 fully saturated rings. The fourth-order valence-corrected chi connectivity index (χ4v) is 3.10. The Morgan fingerprint density at radius 1 is 1.27 bits per heavy atom. The molecule has 26 heavy (non-hydrogen) atoms. The van der Waals surface area contributed by atoms with Crippen molar-refractivity contribution < 1.29 is 14.7 Å². The lowest BCUT2D eigenvalue weighted by Crippen LogP contribution is -2.43. The maximum absolute atomic E-state index is 11.2. The van der Waals surface area contributed by atoms with Gasteiger partial charge in [-0.25, -0.2) is 19.7 Å². The topological polar surface area (TPSA) is 130 Å². The molecule has 3 N–H and O–H groups in total. The molecule has 0 spiro atoms. The number of hydrogen-bond donors (Lipinski definition) is 2. The summed E-state index contributed by atoms with van der Waals surface area (Å²) in [4.78, 5) is 38.1. The number of nitrogens with zero attached hydrogens (tertiary/aromatic N) is 6. The highest BCUT2D eigenvalue weighted by atomic mass is 16.4. The standard InChI is InChI=1S/C16H21N7O3/c17-13(24)9-23(16(25)26)8-12-1-4-21(5-2-12)14-7-15(20-10-19-14)22-6-3-18-11-22/h3,6-7,10-12H,1-2,4-5,8-9H2,(H2,17,24)(H,25,26). The number of rotatable bonds is 6. The van der Waals surface area contributed by atoms with Gasteiger partial charge in [-0.1, -0.05) is 0 Å². The van der Waals surface area contributed by atoms with Gasteiger partial charge in [0.1, 0.15) is 30.8 Å². The van der Waals surface area contributed by atoms with Gasteiger partial charge in [0.25, 0.3) is 0 Å². The van der Waals surface area contributed by atoms with Crippen LogP contribution in [-0.2, 0) is 4.79 Å². The van der Waals surface area contributed by atoms with Crippen LogP contribution in [0.5, 0.6) is 0 Å². The molecule has 2 aromatic rings. The smallest absolute Gasteiger partial charge is 0.407 e. The van der Waals surface area contributed by atoms with E-state index in [1.807, 2.05) is 16.8 Å². The minimum absolute atomic E-state index is 0.191. The van der Waals surface area contributed by atoms with Crippen LogP contribution in [0.15, 0.2) is 31.1 Å². The van der Waals surface area contributed by atoms with Crippen molar-refractivity contribution in [2.75, 3.05) is 31.1 Å². The molecule has 138 valence electrons. The second-order valence-electron chi connectivity index (χ2n) is 6.26. The van der Waals surface area contributed by atoms with Crippen LogP contribution in [0.25, 0.3) is 5.82 Å². The zero-order valence-corrected chi connectivity index (χ0v) is 14.2. The Bertz CT molecular complexity index is 757. The Labute approximate surface area is 150 Å². The molecule has 2 amide bonds. The molecule has 0 saturated carbocycles. The Morgan fingerprint density at radius 3 is 2.62 bits per heavy atom. The number of carbonyl (C=O) groups excluding carboxylic acids is 1. The minimum Gasteiger partial charge on any atom is -0.465 e.